The van der Waals surface area contributed by atoms with Crippen LogP contribution < -0.4 is 15.0 Å². The highest BCUT2D eigenvalue weighted by molar-refractivity contribution is 5.80. The zero-order valence-electron chi connectivity index (χ0n) is 14.4. The number of likely N-dealkylation sites (tertiary alicyclic amines) is 1. The summed E-state index contributed by atoms with van der Waals surface area (Å²) in [6.45, 7) is -2.77. The van der Waals surface area contributed by atoms with E-state index in [2.05, 4.69) is 10.1 Å². The van der Waals surface area contributed by atoms with Crippen molar-refractivity contribution in [2.24, 2.45) is 5.92 Å². The Morgan fingerprint density at radius 1 is 1.22 bits per heavy atom. The normalized spacial score (nSPS) is 21.4. The minimum Gasteiger partial charge on any atom is -0.433 e. The van der Waals surface area contributed by atoms with Crippen LogP contribution in [0.25, 0.3) is 0 Å². The van der Waals surface area contributed by atoms with E-state index in [1.165, 1.54) is 11.0 Å². The van der Waals surface area contributed by atoms with Gasteiger partial charge in [-0.1, -0.05) is 12.1 Å². The number of benzene rings is 1. The van der Waals surface area contributed by atoms with Crippen LogP contribution in [0, 0.1) is 5.92 Å². The van der Waals surface area contributed by atoms with E-state index in [1.54, 1.807) is 18.2 Å². The Labute approximate surface area is 153 Å². The topological polar surface area (TPSA) is 44.8 Å². The molecular weight excluding hydrogens is 373 g/mol. The molecule has 10 heteroatoms. The highest BCUT2D eigenvalue weighted by Crippen LogP contribution is 2.32. The predicted molar refractivity (Wildman–Crippen MR) is 87.8 cm³/mol. The fourth-order valence-corrected chi connectivity index (χ4v) is 3.45. The molecule has 2 aliphatic heterocycles. The second-order valence-electron chi connectivity index (χ2n) is 6.79. The highest BCUT2D eigenvalue weighted by Gasteiger charge is 2.40. The van der Waals surface area contributed by atoms with Gasteiger partial charge in [0.05, 0.1) is 18.2 Å². The largest absolute Gasteiger partial charge is 0.433 e. The highest BCUT2D eigenvalue weighted by atomic mass is 19.4. The lowest BCUT2D eigenvalue weighted by molar-refractivity contribution is -0.163. The van der Waals surface area contributed by atoms with E-state index < -0.39 is 25.3 Å². The Kier molecular flexibility index (Phi) is 5.73. The molecule has 2 heterocycles. The van der Waals surface area contributed by atoms with Crippen LogP contribution >= 0.6 is 0 Å². The molecule has 0 spiro atoms. The Morgan fingerprint density at radius 2 is 1.93 bits per heavy atom. The summed E-state index contributed by atoms with van der Waals surface area (Å²) in [5, 5.41) is 2.85. The summed E-state index contributed by atoms with van der Waals surface area (Å²) < 4.78 is 66.5. The monoisotopic (exact) mass is 393 g/mol. The summed E-state index contributed by atoms with van der Waals surface area (Å²) >= 11 is 0. The number of alkyl halides is 5. The van der Waals surface area contributed by atoms with Gasteiger partial charge in [-0.2, -0.15) is 22.0 Å². The van der Waals surface area contributed by atoms with E-state index >= 15 is 0 Å². The summed E-state index contributed by atoms with van der Waals surface area (Å²) in [7, 11) is 0. The van der Waals surface area contributed by atoms with E-state index in [1.807, 2.05) is 4.90 Å². The van der Waals surface area contributed by atoms with Gasteiger partial charge in [0.25, 0.3) is 0 Å². The molecule has 0 radical (unpaired) electrons. The summed E-state index contributed by atoms with van der Waals surface area (Å²) in [5.41, 5.74) is 0.523. The van der Waals surface area contributed by atoms with Crippen molar-refractivity contribution in [3.8, 4) is 5.75 Å². The number of carbonyl (C=O) groups excluding carboxylic acids is 1. The number of rotatable bonds is 6. The van der Waals surface area contributed by atoms with Crippen molar-refractivity contribution in [3.63, 3.8) is 0 Å². The second-order valence-corrected chi connectivity index (χ2v) is 6.79. The number of para-hydroxylation sites is 2. The smallest absolute Gasteiger partial charge is 0.401 e. The van der Waals surface area contributed by atoms with Crippen molar-refractivity contribution in [2.45, 2.75) is 25.3 Å². The van der Waals surface area contributed by atoms with Crippen molar-refractivity contribution in [1.29, 1.82) is 0 Å². The van der Waals surface area contributed by atoms with Gasteiger partial charge >= 0.3 is 12.8 Å². The van der Waals surface area contributed by atoms with E-state index in [9.17, 15) is 26.7 Å². The summed E-state index contributed by atoms with van der Waals surface area (Å²) in [6, 6.07) is 6.25. The molecule has 2 aliphatic rings. The van der Waals surface area contributed by atoms with Gasteiger partial charge in [-0.15, -0.1) is 0 Å². The molecule has 1 aromatic carbocycles. The van der Waals surface area contributed by atoms with E-state index in [-0.39, 0.29) is 30.8 Å². The van der Waals surface area contributed by atoms with Gasteiger partial charge in [-0.25, -0.2) is 0 Å². The Bertz CT molecular complexity index is 664. The maximum Gasteiger partial charge on any atom is 0.401 e. The Hall–Kier alpha value is -2.10. The summed E-state index contributed by atoms with van der Waals surface area (Å²) in [5.74, 6) is -0.644. The maximum absolute atomic E-state index is 12.5. The first-order valence-corrected chi connectivity index (χ1v) is 8.59. The average molecular weight is 393 g/mol. The molecule has 0 unspecified atom stereocenters. The fourth-order valence-electron chi connectivity index (χ4n) is 3.45. The zero-order chi connectivity index (χ0) is 19.6. The van der Waals surface area contributed by atoms with Gasteiger partial charge in [0.2, 0.25) is 5.91 Å². The first-order chi connectivity index (χ1) is 12.7. The average Bonchev–Trinajstić information content (AvgIpc) is 2.97. The van der Waals surface area contributed by atoms with Crippen molar-refractivity contribution in [2.75, 3.05) is 37.6 Å². The van der Waals surface area contributed by atoms with Crippen LogP contribution in [0.2, 0.25) is 0 Å². The van der Waals surface area contributed by atoms with Gasteiger partial charge in [0.1, 0.15) is 5.75 Å². The first kappa shape index (κ1) is 19.7. The van der Waals surface area contributed by atoms with E-state index in [0.717, 1.165) is 0 Å². The van der Waals surface area contributed by atoms with Crippen LogP contribution in [0.15, 0.2) is 24.3 Å². The molecule has 2 saturated heterocycles. The minimum atomic E-state index is -4.26. The van der Waals surface area contributed by atoms with Crippen LogP contribution in [-0.2, 0) is 4.79 Å². The number of halogens is 5. The maximum atomic E-state index is 12.5. The number of nitrogens with zero attached hydrogens (tertiary/aromatic N) is 2. The van der Waals surface area contributed by atoms with Gasteiger partial charge in [0, 0.05) is 32.2 Å². The minimum absolute atomic E-state index is 0.0706. The van der Waals surface area contributed by atoms with Crippen LogP contribution in [0.4, 0.5) is 27.6 Å². The lowest BCUT2D eigenvalue weighted by atomic mass is 9.98. The van der Waals surface area contributed by atoms with E-state index in [0.29, 0.717) is 25.2 Å². The number of ether oxygens (including phenoxy) is 1. The fraction of sp³-hybridized carbons (Fsp3) is 0.588. The molecule has 1 amide bonds. The predicted octanol–water partition coefficient (Wildman–Crippen LogP) is 2.48. The molecule has 0 aliphatic carbocycles. The van der Waals surface area contributed by atoms with Crippen molar-refractivity contribution >= 4 is 11.6 Å². The lowest BCUT2D eigenvalue weighted by Gasteiger charge is -2.38. The molecule has 5 nitrogen and oxygen atoms in total. The molecule has 0 saturated carbocycles. The van der Waals surface area contributed by atoms with Crippen molar-refractivity contribution in [1.82, 2.24) is 10.2 Å². The first-order valence-electron chi connectivity index (χ1n) is 8.59. The summed E-state index contributed by atoms with van der Waals surface area (Å²) in [4.78, 5) is 15.2. The number of carbonyl (C=O) groups is 1. The third-order valence-corrected chi connectivity index (χ3v) is 4.69. The number of hydrogen-bond donors (Lipinski definition) is 1. The van der Waals surface area contributed by atoms with Crippen LogP contribution in [0.3, 0.4) is 0 Å². The number of nitrogens with one attached hydrogen (secondary N) is 1. The van der Waals surface area contributed by atoms with E-state index in [4.69, 9.17) is 0 Å². The van der Waals surface area contributed by atoms with Crippen molar-refractivity contribution < 1.29 is 31.5 Å². The zero-order valence-corrected chi connectivity index (χ0v) is 14.4. The van der Waals surface area contributed by atoms with Gasteiger partial charge in [0.15, 0.2) is 0 Å². The number of hydrogen-bond acceptors (Lipinski definition) is 4. The number of anilines is 1. The number of amides is 1. The molecule has 0 bridgehead atoms. The van der Waals surface area contributed by atoms with Crippen LogP contribution in [-0.4, -0.2) is 62.4 Å². The molecular formula is C17H20F5N3O2. The third kappa shape index (κ3) is 5.21. The lowest BCUT2D eigenvalue weighted by Crippen LogP contribution is -2.57. The SMILES string of the molecule is O=C(N[C@H]1CCN(c2ccccc2OC(F)F)C1)C1CN(CC(F)(F)F)C1. The molecule has 1 N–H and O–H groups in total. The quantitative estimate of drug-likeness (QED) is 0.755. The van der Waals surface area contributed by atoms with Gasteiger partial charge in [-0.05, 0) is 18.6 Å². The molecule has 1 atom stereocenters. The van der Waals surface area contributed by atoms with Crippen LogP contribution in [0.5, 0.6) is 5.75 Å². The Balaban J connectivity index is 1.49. The molecule has 3 rings (SSSR count). The van der Waals surface area contributed by atoms with Gasteiger partial charge in [-0.3, -0.25) is 9.69 Å². The van der Waals surface area contributed by atoms with Gasteiger partial charge < -0.3 is 15.0 Å². The van der Waals surface area contributed by atoms with Crippen LogP contribution in [0.1, 0.15) is 6.42 Å². The molecule has 2 fully saturated rings. The summed E-state index contributed by atoms with van der Waals surface area (Å²) in [6.07, 6.45) is -3.64. The standard InChI is InChI=1S/C17H20F5N3O2/c18-16(19)27-14-4-2-1-3-13(14)25-6-5-12(9-25)23-15(26)11-7-24(8-11)10-17(20,21)22/h1-4,11-12,16H,5-10H2,(H,23,26)/t12-/m0/s1. The molecule has 150 valence electrons. The van der Waals surface area contributed by atoms with Crippen molar-refractivity contribution in [3.05, 3.63) is 24.3 Å². The Morgan fingerprint density at radius 3 is 2.59 bits per heavy atom. The molecule has 0 aromatic heterocycles. The second kappa shape index (κ2) is 7.87. The molecule has 27 heavy (non-hydrogen) atoms. The third-order valence-electron chi connectivity index (χ3n) is 4.69. The molecule has 1 aromatic rings.